The minimum atomic E-state index is 0.0417. The van der Waals surface area contributed by atoms with Crippen LogP contribution >= 0.6 is 0 Å². The molecule has 2 heteroatoms. The molecule has 0 saturated heterocycles. The highest BCUT2D eigenvalue weighted by atomic mass is 16.3. The Labute approximate surface area is 193 Å². The van der Waals surface area contributed by atoms with Crippen LogP contribution in [0.15, 0.2) is 87.7 Å². The number of hydrogen-bond acceptors (Lipinski definition) is 2. The van der Waals surface area contributed by atoms with Crippen LogP contribution in [0, 0.1) is 0 Å². The van der Waals surface area contributed by atoms with E-state index in [2.05, 4.69) is 94.4 Å². The monoisotopic (exact) mass is 432 g/mol. The van der Waals surface area contributed by atoms with E-state index in [1.807, 2.05) is 12.1 Å². The van der Waals surface area contributed by atoms with Gasteiger partial charge in [0.15, 0.2) is 0 Å². The first-order valence-electron chi connectivity index (χ1n) is 11.7. The van der Waals surface area contributed by atoms with Crippen molar-refractivity contribution in [2.24, 2.45) is 0 Å². The molecule has 0 aliphatic carbocycles. The van der Waals surface area contributed by atoms with Crippen molar-refractivity contribution in [3.05, 3.63) is 95.6 Å². The van der Waals surface area contributed by atoms with Gasteiger partial charge < -0.3 is 8.83 Å². The summed E-state index contributed by atoms with van der Waals surface area (Å²) in [5, 5.41) is 4.75. The molecule has 0 saturated carbocycles. The van der Waals surface area contributed by atoms with Crippen LogP contribution in [0.25, 0.3) is 43.9 Å². The van der Waals surface area contributed by atoms with Gasteiger partial charge in [-0.25, -0.2) is 0 Å². The summed E-state index contributed by atoms with van der Waals surface area (Å²) in [5.74, 6) is 0.370. The van der Waals surface area contributed by atoms with Gasteiger partial charge in [0.25, 0.3) is 0 Å². The first kappa shape index (κ1) is 20.1. The minimum absolute atomic E-state index is 0.0417. The molecular formula is C31H28O2. The van der Waals surface area contributed by atoms with Gasteiger partial charge in [-0.05, 0) is 47.1 Å². The Morgan fingerprint density at radius 3 is 2.21 bits per heavy atom. The Morgan fingerprint density at radius 1 is 0.667 bits per heavy atom. The molecule has 0 aliphatic heterocycles. The van der Waals surface area contributed by atoms with E-state index < -0.39 is 0 Å². The van der Waals surface area contributed by atoms with E-state index in [0.717, 1.165) is 28.8 Å². The third-order valence-electron chi connectivity index (χ3n) is 6.89. The molecule has 0 radical (unpaired) electrons. The molecule has 0 spiro atoms. The van der Waals surface area contributed by atoms with E-state index >= 15 is 0 Å². The Kier molecular flexibility index (Phi) is 4.42. The summed E-state index contributed by atoms with van der Waals surface area (Å²) in [4.78, 5) is 0. The molecule has 0 bridgehead atoms. The lowest BCUT2D eigenvalue weighted by atomic mass is 9.86. The smallest absolute Gasteiger partial charge is 0.139 e. The molecule has 2 nitrogen and oxygen atoms in total. The van der Waals surface area contributed by atoms with E-state index in [9.17, 15) is 0 Å². The highest BCUT2D eigenvalue weighted by molar-refractivity contribution is 6.06. The first-order chi connectivity index (χ1) is 15.9. The quantitative estimate of drug-likeness (QED) is 0.279. The van der Waals surface area contributed by atoms with Gasteiger partial charge in [-0.2, -0.15) is 0 Å². The third-order valence-corrected chi connectivity index (χ3v) is 6.89. The van der Waals surface area contributed by atoms with Crippen LogP contribution in [0.3, 0.4) is 0 Å². The summed E-state index contributed by atoms with van der Waals surface area (Å²) in [7, 11) is 0. The van der Waals surface area contributed by atoms with Crippen LogP contribution < -0.4 is 0 Å². The van der Waals surface area contributed by atoms with E-state index in [1.165, 1.54) is 38.2 Å². The lowest BCUT2D eigenvalue weighted by Gasteiger charge is -2.18. The van der Waals surface area contributed by atoms with Crippen molar-refractivity contribution >= 4 is 43.9 Å². The summed E-state index contributed by atoms with van der Waals surface area (Å²) in [5.41, 5.74) is 7.77. The van der Waals surface area contributed by atoms with Crippen LogP contribution in [0.1, 0.15) is 50.3 Å². The maximum Gasteiger partial charge on any atom is 0.139 e. The van der Waals surface area contributed by atoms with Gasteiger partial charge in [0.2, 0.25) is 0 Å². The van der Waals surface area contributed by atoms with Crippen molar-refractivity contribution in [1.29, 1.82) is 0 Å². The predicted molar refractivity (Wildman–Crippen MR) is 138 cm³/mol. The average Bonchev–Trinajstić information content (AvgIpc) is 3.35. The molecule has 1 unspecified atom stereocenters. The van der Waals surface area contributed by atoms with Crippen molar-refractivity contribution in [3.63, 3.8) is 0 Å². The van der Waals surface area contributed by atoms with E-state index in [4.69, 9.17) is 8.83 Å². The molecule has 33 heavy (non-hydrogen) atoms. The number of fused-ring (bicyclic) bond motifs is 6. The lowest BCUT2D eigenvalue weighted by Crippen LogP contribution is -2.10. The second kappa shape index (κ2) is 7.25. The zero-order valence-corrected chi connectivity index (χ0v) is 19.6. The van der Waals surface area contributed by atoms with Crippen molar-refractivity contribution < 1.29 is 8.83 Å². The van der Waals surface area contributed by atoms with Crippen LogP contribution in [0.4, 0.5) is 0 Å². The number of para-hydroxylation sites is 2. The Balaban J connectivity index is 1.35. The van der Waals surface area contributed by atoms with Crippen molar-refractivity contribution in [2.45, 2.75) is 45.4 Å². The molecule has 4 aromatic carbocycles. The summed E-state index contributed by atoms with van der Waals surface area (Å²) < 4.78 is 12.5. The van der Waals surface area contributed by atoms with Crippen molar-refractivity contribution in [1.82, 2.24) is 0 Å². The second-order valence-electron chi connectivity index (χ2n) is 10.3. The minimum Gasteiger partial charge on any atom is -0.456 e. The summed E-state index contributed by atoms with van der Waals surface area (Å²) in [6, 6.07) is 28.1. The zero-order chi connectivity index (χ0) is 22.7. The van der Waals surface area contributed by atoms with E-state index in [1.54, 1.807) is 0 Å². The van der Waals surface area contributed by atoms with Gasteiger partial charge >= 0.3 is 0 Å². The lowest BCUT2D eigenvalue weighted by molar-refractivity contribution is 0.572. The Hall–Kier alpha value is -3.52. The Morgan fingerprint density at radius 2 is 1.36 bits per heavy atom. The molecule has 1 atom stereocenters. The maximum absolute atomic E-state index is 6.41. The number of rotatable bonds is 3. The molecule has 164 valence electrons. The second-order valence-corrected chi connectivity index (χ2v) is 10.3. The fourth-order valence-corrected chi connectivity index (χ4v) is 5.08. The SMILES string of the molecule is CC(Cc1ccc2c(c1)oc1c(C(C)(C)C)cccc12)c1ccc2c(c1)oc1ccccc12. The van der Waals surface area contributed by atoms with Crippen LogP contribution in [-0.4, -0.2) is 0 Å². The van der Waals surface area contributed by atoms with Gasteiger partial charge in [0.05, 0.1) is 0 Å². The van der Waals surface area contributed by atoms with Crippen molar-refractivity contribution in [2.75, 3.05) is 0 Å². The van der Waals surface area contributed by atoms with E-state index in [-0.39, 0.29) is 5.41 Å². The number of hydrogen-bond donors (Lipinski definition) is 0. The standard InChI is InChI=1S/C31H28O2/c1-19(21-13-15-23-22-8-5-6-11-27(22)32-29(23)18-21)16-20-12-14-24-25-9-7-10-26(31(2,3)4)30(25)33-28(24)17-20/h5-15,17-19H,16H2,1-4H3. The van der Waals surface area contributed by atoms with Gasteiger partial charge in [0.1, 0.15) is 22.3 Å². The molecule has 2 heterocycles. The maximum atomic E-state index is 6.41. The summed E-state index contributed by atoms with van der Waals surface area (Å²) in [6.45, 7) is 8.99. The van der Waals surface area contributed by atoms with Crippen LogP contribution in [-0.2, 0) is 11.8 Å². The first-order valence-corrected chi connectivity index (χ1v) is 11.7. The Bertz CT molecular complexity index is 1640. The molecular weight excluding hydrogens is 404 g/mol. The van der Waals surface area contributed by atoms with Gasteiger partial charge in [-0.3, -0.25) is 0 Å². The van der Waals surface area contributed by atoms with Gasteiger partial charge in [0, 0.05) is 27.1 Å². The number of furan rings is 2. The van der Waals surface area contributed by atoms with E-state index in [0.29, 0.717) is 5.92 Å². The average molecular weight is 433 g/mol. The normalized spacial score (nSPS) is 13.5. The number of benzene rings is 4. The molecule has 0 N–H and O–H groups in total. The molecule has 0 amide bonds. The van der Waals surface area contributed by atoms with Crippen LogP contribution in [0.5, 0.6) is 0 Å². The zero-order valence-electron chi connectivity index (χ0n) is 19.6. The molecule has 6 aromatic rings. The topological polar surface area (TPSA) is 26.3 Å². The highest BCUT2D eigenvalue weighted by Crippen LogP contribution is 2.37. The largest absolute Gasteiger partial charge is 0.456 e. The predicted octanol–water partition coefficient (Wildman–Crippen LogP) is 9.13. The van der Waals surface area contributed by atoms with Crippen molar-refractivity contribution in [3.8, 4) is 0 Å². The van der Waals surface area contributed by atoms with Gasteiger partial charge in [-0.1, -0.05) is 88.4 Å². The fraction of sp³-hybridized carbons (Fsp3) is 0.226. The third kappa shape index (κ3) is 3.33. The molecule has 0 aliphatic rings. The highest BCUT2D eigenvalue weighted by Gasteiger charge is 2.21. The summed E-state index contributed by atoms with van der Waals surface area (Å²) >= 11 is 0. The molecule has 2 aromatic heterocycles. The summed E-state index contributed by atoms with van der Waals surface area (Å²) in [6.07, 6.45) is 0.949. The molecule has 0 fully saturated rings. The van der Waals surface area contributed by atoms with Crippen LogP contribution in [0.2, 0.25) is 0 Å². The fourth-order valence-electron chi connectivity index (χ4n) is 5.08. The van der Waals surface area contributed by atoms with Gasteiger partial charge in [-0.15, -0.1) is 0 Å². The molecule has 6 rings (SSSR count).